The molecule has 1 fully saturated rings. The first kappa shape index (κ1) is 11.7. The third kappa shape index (κ3) is 4.78. The van der Waals surface area contributed by atoms with Gasteiger partial charge in [-0.2, -0.15) is 0 Å². The van der Waals surface area contributed by atoms with Crippen LogP contribution in [-0.4, -0.2) is 5.78 Å². The second kappa shape index (κ2) is 6.21. The standard InChI is InChI=1S/C13H24O/c1-11(2)10-12-6-3-4-8-13(14)9-5-7-12/h11-12H,3-10H2,1-2H3. The first-order valence-electron chi connectivity index (χ1n) is 6.20. The molecule has 0 heterocycles. The Bertz CT molecular complexity index is 172. The highest BCUT2D eigenvalue weighted by molar-refractivity contribution is 5.78. The van der Waals surface area contributed by atoms with E-state index in [4.69, 9.17) is 0 Å². The third-order valence-electron chi connectivity index (χ3n) is 3.19. The minimum atomic E-state index is 0.496. The summed E-state index contributed by atoms with van der Waals surface area (Å²) in [6, 6.07) is 0. The molecule has 0 amide bonds. The van der Waals surface area contributed by atoms with Gasteiger partial charge in [0.05, 0.1) is 0 Å². The van der Waals surface area contributed by atoms with E-state index >= 15 is 0 Å². The van der Waals surface area contributed by atoms with Gasteiger partial charge in [-0.15, -0.1) is 0 Å². The van der Waals surface area contributed by atoms with Crippen molar-refractivity contribution < 1.29 is 4.79 Å². The van der Waals surface area contributed by atoms with Gasteiger partial charge in [0, 0.05) is 12.8 Å². The first-order chi connectivity index (χ1) is 6.68. The Balaban J connectivity index is 2.33. The SMILES string of the molecule is CC(C)CC1CCCCC(=O)CCC1. The fourth-order valence-electron chi connectivity index (χ4n) is 2.51. The summed E-state index contributed by atoms with van der Waals surface area (Å²) < 4.78 is 0. The fraction of sp³-hybridized carbons (Fsp3) is 0.923. The van der Waals surface area contributed by atoms with Gasteiger partial charge in [0.15, 0.2) is 0 Å². The zero-order valence-corrected chi connectivity index (χ0v) is 9.72. The molecule has 0 aromatic carbocycles. The molecule has 1 atom stereocenters. The molecule has 0 saturated heterocycles. The Morgan fingerprint density at radius 2 is 1.79 bits per heavy atom. The third-order valence-corrected chi connectivity index (χ3v) is 3.19. The average Bonchev–Trinajstić information content (AvgIpc) is 2.18. The number of carbonyl (C=O) groups excluding carboxylic acids is 1. The number of rotatable bonds is 2. The summed E-state index contributed by atoms with van der Waals surface area (Å²) in [6.45, 7) is 4.61. The van der Waals surface area contributed by atoms with Crippen LogP contribution in [0, 0.1) is 11.8 Å². The molecular weight excluding hydrogens is 172 g/mol. The van der Waals surface area contributed by atoms with Gasteiger partial charge in [-0.05, 0) is 31.1 Å². The zero-order chi connectivity index (χ0) is 10.4. The predicted octanol–water partition coefficient (Wildman–Crippen LogP) is 3.96. The lowest BCUT2D eigenvalue weighted by Gasteiger charge is -2.17. The quantitative estimate of drug-likeness (QED) is 0.653. The van der Waals surface area contributed by atoms with Crippen LogP contribution in [0.5, 0.6) is 0 Å². The van der Waals surface area contributed by atoms with Crippen molar-refractivity contribution in [3.8, 4) is 0 Å². The van der Waals surface area contributed by atoms with Gasteiger partial charge < -0.3 is 0 Å². The molecule has 1 nitrogen and oxygen atoms in total. The van der Waals surface area contributed by atoms with Crippen molar-refractivity contribution in [2.45, 2.75) is 65.2 Å². The summed E-state index contributed by atoms with van der Waals surface area (Å²) in [5.74, 6) is 2.20. The van der Waals surface area contributed by atoms with Gasteiger partial charge in [-0.25, -0.2) is 0 Å². The smallest absolute Gasteiger partial charge is 0.132 e. The topological polar surface area (TPSA) is 17.1 Å². The summed E-state index contributed by atoms with van der Waals surface area (Å²) in [7, 11) is 0. The van der Waals surface area contributed by atoms with Crippen LogP contribution < -0.4 is 0 Å². The van der Waals surface area contributed by atoms with Gasteiger partial charge in [0.1, 0.15) is 5.78 Å². The monoisotopic (exact) mass is 196 g/mol. The van der Waals surface area contributed by atoms with E-state index in [1.54, 1.807) is 0 Å². The van der Waals surface area contributed by atoms with E-state index in [0.29, 0.717) is 5.78 Å². The van der Waals surface area contributed by atoms with Crippen LogP contribution in [0.4, 0.5) is 0 Å². The summed E-state index contributed by atoms with van der Waals surface area (Å²) in [5, 5.41) is 0. The molecule has 0 radical (unpaired) electrons. The molecule has 0 spiro atoms. The number of ketones is 1. The summed E-state index contributed by atoms with van der Waals surface area (Å²) >= 11 is 0. The van der Waals surface area contributed by atoms with Crippen molar-refractivity contribution in [1.82, 2.24) is 0 Å². The van der Waals surface area contributed by atoms with Gasteiger partial charge >= 0.3 is 0 Å². The Morgan fingerprint density at radius 1 is 1.14 bits per heavy atom. The minimum Gasteiger partial charge on any atom is -0.300 e. The Morgan fingerprint density at radius 3 is 2.50 bits per heavy atom. The molecular formula is C13H24O. The van der Waals surface area contributed by atoms with Crippen molar-refractivity contribution in [3.63, 3.8) is 0 Å². The largest absolute Gasteiger partial charge is 0.300 e. The van der Waals surface area contributed by atoms with Gasteiger partial charge in [0.25, 0.3) is 0 Å². The molecule has 1 heteroatoms. The molecule has 0 N–H and O–H groups in total. The molecule has 1 rings (SSSR count). The molecule has 0 aromatic rings. The van der Waals surface area contributed by atoms with Crippen LogP contribution in [0.15, 0.2) is 0 Å². The molecule has 1 aliphatic rings. The molecule has 1 aliphatic carbocycles. The fourth-order valence-corrected chi connectivity index (χ4v) is 2.51. The second-order valence-corrected chi connectivity index (χ2v) is 5.17. The van der Waals surface area contributed by atoms with Crippen molar-refractivity contribution in [2.24, 2.45) is 11.8 Å². The normalized spacial score (nSPS) is 25.6. The number of hydrogen-bond donors (Lipinski definition) is 0. The highest BCUT2D eigenvalue weighted by Crippen LogP contribution is 2.25. The first-order valence-corrected chi connectivity index (χ1v) is 6.20. The number of Topliss-reactive ketones (excluding diaryl/α,β-unsaturated/α-hetero) is 1. The highest BCUT2D eigenvalue weighted by atomic mass is 16.1. The van der Waals surface area contributed by atoms with Crippen molar-refractivity contribution in [2.75, 3.05) is 0 Å². The Labute approximate surface area is 88.3 Å². The van der Waals surface area contributed by atoms with Crippen LogP contribution in [0.25, 0.3) is 0 Å². The van der Waals surface area contributed by atoms with E-state index in [9.17, 15) is 4.79 Å². The summed E-state index contributed by atoms with van der Waals surface area (Å²) in [6.07, 6.45) is 9.21. The maximum absolute atomic E-state index is 11.3. The van der Waals surface area contributed by atoms with E-state index in [-0.39, 0.29) is 0 Å². The van der Waals surface area contributed by atoms with Crippen molar-refractivity contribution in [1.29, 1.82) is 0 Å². The lowest BCUT2D eigenvalue weighted by molar-refractivity contribution is -0.119. The Hall–Kier alpha value is -0.330. The summed E-state index contributed by atoms with van der Waals surface area (Å²) in [4.78, 5) is 11.3. The molecule has 14 heavy (non-hydrogen) atoms. The van der Waals surface area contributed by atoms with Crippen LogP contribution in [0.1, 0.15) is 65.2 Å². The van der Waals surface area contributed by atoms with E-state index in [1.807, 2.05) is 0 Å². The molecule has 1 saturated carbocycles. The van der Waals surface area contributed by atoms with Gasteiger partial charge in [0.2, 0.25) is 0 Å². The van der Waals surface area contributed by atoms with E-state index in [1.165, 1.54) is 25.7 Å². The number of carbonyl (C=O) groups is 1. The van der Waals surface area contributed by atoms with Gasteiger partial charge in [-0.3, -0.25) is 4.79 Å². The minimum absolute atomic E-state index is 0.496. The summed E-state index contributed by atoms with van der Waals surface area (Å²) in [5.41, 5.74) is 0. The molecule has 0 bridgehead atoms. The van der Waals surface area contributed by atoms with E-state index < -0.39 is 0 Å². The van der Waals surface area contributed by atoms with E-state index in [0.717, 1.165) is 37.5 Å². The van der Waals surface area contributed by atoms with Crippen LogP contribution in [-0.2, 0) is 4.79 Å². The van der Waals surface area contributed by atoms with Crippen LogP contribution in [0.3, 0.4) is 0 Å². The van der Waals surface area contributed by atoms with Gasteiger partial charge in [-0.1, -0.05) is 33.1 Å². The Kier molecular flexibility index (Phi) is 5.21. The maximum Gasteiger partial charge on any atom is 0.132 e. The number of hydrogen-bond acceptors (Lipinski definition) is 1. The van der Waals surface area contributed by atoms with Crippen molar-refractivity contribution >= 4 is 5.78 Å². The van der Waals surface area contributed by atoms with Crippen LogP contribution >= 0.6 is 0 Å². The highest BCUT2D eigenvalue weighted by Gasteiger charge is 2.14. The zero-order valence-electron chi connectivity index (χ0n) is 9.72. The predicted molar refractivity (Wildman–Crippen MR) is 60.3 cm³/mol. The van der Waals surface area contributed by atoms with E-state index in [2.05, 4.69) is 13.8 Å². The molecule has 0 aliphatic heterocycles. The molecule has 1 unspecified atom stereocenters. The average molecular weight is 196 g/mol. The van der Waals surface area contributed by atoms with Crippen molar-refractivity contribution in [3.05, 3.63) is 0 Å². The lowest BCUT2D eigenvalue weighted by Crippen LogP contribution is -2.04. The lowest BCUT2D eigenvalue weighted by atomic mass is 9.89. The maximum atomic E-state index is 11.3. The molecule has 0 aromatic heterocycles. The molecule has 82 valence electrons. The second-order valence-electron chi connectivity index (χ2n) is 5.17. The van der Waals surface area contributed by atoms with Crippen LogP contribution in [0.2, 0.25) is 0 Å².